The highest BCUT2D eigenvalue weighted by atomic mass is 16.5. The summed E-state index contributed by atoms with van der Waals surface area (Å²) in [6.45, 7) is 10.5. The Balaban J connectivity index is 2.08. The molecular formula is C21H40N2O3. The summed E-state index contributed by atoms with van der Waals surface area (Å²) in [6, 6.07) is 0. The van der Waals surface area contributed by atoms with Gasteiger partial charge in [-0.05, 0) is 58.3 Å². The van der Waals surface area contributed by atoms with Crippen molar-refractivity contribution < 1.29 is 14.2 Å². The van der Waals surface area contributed by atoms with Crippen LogP contribution in [0.1, 0.15) is 46.0 Å². The second kappa shape index (κ2) is 11.3. The van der Waals surface area contributed by atoms with Crippen LogP contribution in [0.3, 0.4) is 0 Å². The second-order valence-electron chi connectivity index (χ2n) is 8.07. The summed E-state index contributed by atoms with van der Waals surface area (Å²) in [5.74, 6) is 1.58. The van der Waals surface area contributed by atoms with Crippen LogP contribution in [0.15, 0.2) is 11.3 Å². The fourth-order valence-corrected chi connectivity index (χ4v) is 4.26. The van der Waals surface area contributed by atoms with Gasteiger partial charge in [0.15, 0.2) is 0 Å². The van der Waals surface area contributed by atoms with Crippen LogP contribution >= 0.6 is 0 Å². The Hall–Kier alpha value is -0.620. The van der Waals surface area contributed by atoms with E-state index in [1.165, 1.54) is 43.7 Å². The number of likely N-dealkylation sites (N-methyl/N-ethyl adjacent to an activating group) is 1. The lowest BCUT2D eigenvalue weighted by molar-refractivity contribution is -0.0255. The predicted octanol–water partition coefficient (Wildman–Crippen LogP) is 3.15. The number of piperidine rings is 2. The number of rotatable bonds is 9. The van der Waals surface area contributed by atoms with Crippen LogP contribution < -0.4 is 0 Å². The Morgan fingerprint density at radius 3 is 2.46 bits per heavy atom. The van der Waals surface area contributed by atoms with Crippen LogP contribution in [0, 0.1) is 5.92 Å². The normalized spacial score (nSPS) is 27.9. The minimum absolute atomic E-state index is 0.0998. The zero-order valence-corrected chi connectivity index (χ0v) is 17.6. The number of hydrogen-bond acceptors (Lipinski definition) is 5. The highest BCUT2D eigenvalue weighted by Crippen LogP contribution is 2.30. The minimum atomic E-state index is 0.0998. The molecule has 0 bridgehead atoms. The molecule has 0 aromatic rings. The lowest BCUT2D eigenvalue weighted by Gasteiger charge is -2.38. The number of likely N-dealkylation sites (tertiary alicyclic amines) is 2. The molecule has 5 nitrogen and oxygen atoms in total. The number of allylic oxidation sites excluding steroid dienone is 1. The zero-order chi connectivity index (χ0) is 18.9. The molecule has 2 fully saturated rings. The molecule has 3 unspecified atom stereocenters. The van der Waals surface area contributed by atoms with Gasteiger partial charge in [0, 0.05) is 39.8 Å². The quantitative estimate of drug-likeness (QED) is 0.584. The van der Waals surface area contributed by atoms with E-state index in [0.29, 0.717) is 12.5 Å². The van der Waals surface area contributed by atoms with E-state index >= 15 is 0 Å². The smallest absolute Gasteiger partial charge is 0.134 e. The van der Waals surface area contributed by atoms with Crippen molar-refractivity contribution in [1.82, 2.24) is 9.80 Å². The average molecular weight is 369 g/mol. The molecule has 0 amide bonds. The molecule has 0 saturated carbocycles. The van der Waals surface area contributed by atoms with Gasteiger partial charge in [0.1, 0.15) is 6.10 Å². The SMILES string of the molecule is CCC(C)=C(OC(COC)CN1CCCCC1)C1CC(OC)CN(C)C1. The number of hydrogen-bond donors (Lipinski definition) is 0. The van der Waals surface area contributed by atoms with Crippen LogP contribution in [0.4, 0.5) is 0 Å². The molecule has 0 aliphatic carbocycles. The minimum Gasteiger partial charge on any atom is -0.491 e. The Kier molecular flexibility index (Phi) is 9.40. The first-order chi connectivity index (χ1) is 12.6. The van der Waals surface area contributed by atoms with E-state index in [9.17, 15) is 0 Å². The number of nitrogens with zero attached hydrogens (tertiary/aromatic N) is 2. The third-order valence-corrected chi connectivity index (χ3v) is 5.81. The molecule has 0 spiro atoms. The van der Waals surface area contributed by atoms with E-state index in [-0.39, 0.29) is 12.2 Å². The number of ether oxygens (including phenoxy) is 3. The Morgan fingerprint density at radius 2 is 1.85 bits per heavy atom. The molecule has 0 radical (unpaired) electrons. The lowest BCUT2D eigenvalue weighted by atomic mass is 9.91. The molecule has 152 valence electrons. The Morgan fingerprint density at radius 1 is 1.12 bits per heavy atom. The second-order valence-corrected chi connectivity index (χ2v) is 8.07. The zero-order valence-electron chi connectivity index (χ0n) is 17.6. The van der Waals surface area contributed by atoms with Gasteiger partial charge in [-0.3, -0.25) is 4.90 Å². The summed E-state index contributed by atoms with van der Waals surface area (Å²) in [5.41, 5.74) is 1.36. The maximum absolute atomic E-state index is 6.66. The van der Waals surface area contributed by atoms with E-state index in [1.54, 1.807) is 7.11 Å². The van der Waals surface area contributed by atoms with E-state index in [1.807, 2.05) is 7.11 Å². The Labute approximate surface area is 160 Å². The van der Waals surface area contributed by atoms with Crippen LogP contribution in [0.2, 0.25) is 0 Å². The van der Waals surface area contributed by atoms with Crippen LogP contribution in [0.25, 0.3) is 0 Å². The van der Waals surface area contributed by atoms with Gasteiger partial charge in [0.2, 0.25) is 0 Å². The summed E-state index contributed by atoms with van der Waals surface area (Å²) in [5, 5.41) is 0. The first-order valence-electron chi connectivity index (χ1n) is 10.4. The molecule has 0 aromatic carbocycles. The highest BCUT2D eigenvalue weighted by molar-refractivity contribution is 5.11. The van der Waals surface area contributed by atoms with E-state index < -0.39 is 0 Å². The summed E-state index contributed by atoms with van der Waals surface area (Å²) in [7, 11) is 5.78. The van der Waals surface area contributed by atoms with Gasteiger partial charge >= 0.3 is 0 Å². The van der Waals surface area contributed by atoms with E-state index in [2.05, 4.69) is 30.7 Å². The largest absolute Gasteiger partial charge is 0.491 e. The maximum Gasteiger partial charge on any atom is 0.134 e. The van der Waals surface area contributed by atoms with Crippen molar-refractivity contribution in [3.05, 3.63) is 11.3 Å². The molecule has 3 atom stereocenters. The van der Waals surface area contributed by atoms with Gasteiger partial charge in [-0.25, -0.2) is 0 Å². The summed E-state index contributed by atoms with van der Waals surface area (Å²) in [6.07, 6.45) is 6.42. The highest BCUT2D eigenvalue weighted by Gasteiger charge is 2.31. The van der Waals surface area contributed by atoms with Crippen molar-refractivity contribution in [2.24, 2.45) is 5.92 Å². The average Bonchev–Trinajstić information content (AvgIpc) is 2.65. The Bertz CT molecular complexity index is 435. The van der Waals surface area contributed by atoms with Crippen molar-refractivity contribution >= 4 is 0 Å². The molecule has 2 heterocycles. The predicted molar refractivity (Wildman–Crippen MR) is 106 cm³/mol. The van der Waals surface area contributed by atoms with Crippen LogP contribution in [0.5, 0.6) is 0 Å². The van der Waals surface area contributed by atoms with Gasteiger partial charge in [-0.1, -0.05) is 13.3 Å². The molecular weight excluding hydrogens is 328 g/mol. The molecule has 0 aromatic heterocycles. The number of methoxy groups -OCH3 is 2. The van der Waals surface area contributed by atoms with E-state index in [4.69, 9.17) is 14.2 Å². The van der Waals surface area contributed by atoms with Crippen molar-refractivity contribution in [3.63, 3.8) is 0 Å². The third kappa shape index (κ3) is 6.52. The summed E-state index contributed by atoms with van der Waals surface area (Å²) in [4.78, 5) is 4.90. The monoisotopic (exact) mass is 368 g/mol. The molecule has 0 N–H and O–H groups in total. The van der Waals surface area contributed by atoms with Gasteiger partial charge < -0.3 is 19.1 Å². The first kappa shape index (κ1) is 21.7. The van der Waals surface area contributed by atoms with Crippen molar-refractivity contribution in [2.75, 3.05) is 60.6 Å². The molecule has 26 heavy (non-hydrogen) atoms. The van der Waals surface area contributed by atoms with Crippen LogP contribution in [-0.4, -0.2) is 82.6 Å². The van der Waals surface area contributed by atoms with E-state index in [0.717, 1.165) is 32.5 Å². The van der Waals surface area contributed by atoms with Crippen molar-refractivity contribution in [3.8, 4) is 0 Å². The topological polar surface area (TPSA) is 34.2 Å². The van der Waals surface area contributed by atoms with Crippen molar-refractivity contribution in [2.45, 2.75) is 58.2 Å². The van der Waals surface area contributed by atoms with Gasteiger partial charge in [-0.15, -0.1) is 0 Å². The van der Waals surface area contributed by atoms with Gasteiger partial charge in [-0.2, -0.15) is 0 Å². The summed E-state index contributed by atoms with van der Waals surface area (Å²) >= 11 is 0. The van der Waals surface area contributed by atoms with Gasteiger partial charge in [0.05, 0.1) is 18.5 Å². The summed E-state index contributed by atoms with van der Waals surface area (Å²) < 4.78 is 17.8. The first-order valence-corrected chi connectivity index (χ1v) is 10.4. The molecule has 5 heteroatoms. The molecule has 2 rings (SSSR count). The third-order valence-electron chi connectivity index (χ3n) is 5.81. The molecule has 2 saturated heterocycles. The lowest BCUT2D eigenvalue weighted by Crippen LogP contribution is -2.44. The molecule has 2 aliphatic rings. The van der Waals surface area contributed by atoms with Crippen LogP contribution in [-0.2, 0) is 14.2 Å². The standard InChI is InChI=1S/C21H40N2O3/c1-6-17(2)21(18-12-19(25-5)14-22(3)13-18)26-20(16-24-4)15-23-10-8-7-9-11-23/h18-20H,6-16H2,1-5H3. The fourth-order valence-electron chi connectivity index (χ4n) is 4.26. The van der Waals surface area contributed by atoms with Gasteiger partial charge in [0.25, 0.3) is 0 Å². The fraction of sp³-hybridized carbons (Fsp3) is 0.905. The van der Waals surface area contributed by atoms with Crippen molar-refractivity contribution in [1.29, 1.82) is 0 Å². The molecule has 2 aliphatic heterocycles. The maximum atomic E-state index is 6.66.